The molecule has 8 heteroatoms. The summed E-state index contributed by atoms with van der Waals surface area (Å²) in [5.41, 5.74) is 1.04. The molecule has 1 amide bonds. The van der Waals surface area contributed by atoms with E-state index in [1.54, 1.807) is 0 Å². The van der Waals surface area contributed by atoms with Crippen molar-refractivity contribution in [1.82, 2.24) is 4.90 Å². The molecule has 2 aromatic carbocycles. The summed E-state index contributed by atoms with van der Waals surface area (Å²) in [4.78, 5) is 15.6. The van der Waals surface area contributed by atoms with Gasteiger partial charge >= 0.3 is 0 Å². The van der Waals surface area contributed by atoms with Crippen LogP contribution >= 0.6 is 0 Å². The molecular formula is C29H33NO7. The van der Waals surface area contributed by atoms with Crippen LogP contribution in [0.15, 0.2) is 66.7 Å². The Balaban J connectivity index is 1.33. The number of hydrogen-bond acceptors (Lipinski definition) is 7. The topological polar surface area (TPSA) is 75.7 Å². The number of fused-ring (bicyclic) bond motifs is 1. The van der Waals surface area contributed by atoms with Gasteiger partial charge in [-0.05, 0) is 45.4 Å². The van der Waals surface area contributed by atoms with E-state index < -0.39 is 42.2 Å². The maximum absolute atomic E-state index is 13.8. The number of carbonyl (C=O) groups excluding carboxylic acids is 1. The van der Waals surface area contributed by atoms with Crippen LogP contribution in [-0.4, -0.2) is 71.8 Å². The monoisotopic (exact) mass is 507 g/mol. The van der Waals surface area contributed by atoms with Gasteiger partial charge in [-0.25, -0.2) is 0 Å². The van der Waals surface area contributed by atoms with E-state index in [1.807, 2.05) is 105 Å². The first-order valence-electron chi connectivity index (χ1n) is 12.8. The second-order valence-corrected chi connectivity index (χ2v) is 10.8. The lowest BCUT2D eigenvalue weighted by molar-refractivity contribution is -0.232. The molecule has 37 heavy (non-hydrogen) atoms. The van der Waals surface area contributed by atoms with Gasteiger partial charge in [-0.2, -0.15) is 0 Å². The van der Waals surface area contributed by atoms with Crippen molar-refractivity contribution in [1.29, 1.82) is 0 Å². The minimum Gasteiger partial charge on any atom is -0.478 e. The molecule has 7 atom stereocenters. The molecule has 4 fully saturated rings. The molecule has 0 spiro atoms. The Bertz CT molecular complexity index is 1150. The van der Waals surface area contributed by atoms with Crippen molar-refractivity contribution >= 4 is 12.0 Å². The summed E-state index contributed by atoms with van der Waals surface area (Å²) in [5, 5.41) is 0. The van der Waals surface area contributed by atoms with Crippen molar-refractivity contribution in [3.05, 3.63) is 72.3 Å². The number of β-lactam (4-membered cyclic amide) rings is 1. The number of para-hydroxylation sites is 1. The first-order chi connectivity index (χ1) is 17.7. The normalized spacial score (nSPS) is 36.1. The fourth-order valence-electron chi connectivity index (χ4n) is 5.60. The van der Waals surface area contributed by atoms with Crippen molar-refractivity contribution < 1.29 is 33.2 Å². The lowest BCUT2D eigenvalue weighted by atomic mass is 9.89. The highest BCUT2D eigenvalue weighted by molar-refractivity contribution is 5.90. The van der Waals surface area contributed by atoms with Gasteiger partial charge in [0.2, 0.25) is 6.10 Å². The maximum atomic E-state index is 13.8. The van der Waals surface area contributed by atoms with Gasteiger partial charge in [-0.15, -0.1) is 0 Å². The van der Waals surface area contributed by atoms with Crippen molar-refractivity contribution in [2.75, 3.05) is 6.61 Å². The Morgan fingerprint density at radius 1 is 0.892 bits per heavy atom. The minimum atomic E-state index is -0.825. The summed E-state index contributed by atoms with van der Waals surface area (Å²) in [6, 6.07) is 18.6. The lowest BCUT2D eigenvalue weighted by Gasteiger charge is -2.50. The summed E-state index contributed by atoms with van der Waals surface area (Å²) in [6.07, 6.45) is 1.42. The zero-order chi connectivity index (χ0) is 25.8. The standard InChI is InChI=1S/C29H33NO7/c1-28(2)32-17-21(35-28)24-22(25-27(34-24)37-29(3,4)36-25)30-20(16-15-18-11-7-5-8-12-18)23(26(30)31)33-19-13-9-6-10-14-19/h5-16,20-25,27H,17H2,1-4H3/b16-15+/t20-,21+,22+,23+,24-,25+,27+/m0/s1. The van der Waals surface area contributed by atoms with Crippen molar-refractivity contribution in [3.8, 4) is 5.75 Å². The molecule has 4 aliphatic heterocycles. The smallest absolute Gasteiger partial charge is 0.267 e. The molecule has 0 N–H and O–H groups in total. The maximum Gasteiger partial charge on any atom is 0.267 e. The van der Waals surface area contributed by atoms with Crippen LogP contribution in [0.1, 0.15) is 33.3 Å². The largest absolute Gasteiger partial charge is 0.478 e. The van der Waals surface area contributed by atoms with Crippen LogP contribution < -0.4 is 4.74 Å². The predicted molar refractivity (Wildman–Crippen MR) is 134 cm³/mol. The van der Waals surface area contributed by atoms with E-state index in [0.29, 0.717) is 12.4 Å². The SMILES string of the molecule is CC1(C)O[C@H]2O[C@@H]([C@H]3COC(C)(C)O3)[C@@H](N3C(=O)[C@H](Oc4ccccc4)[C@@H]3/C=C/c3ccccc3)[C@H]2O1. The van der Waals surface area contributed by atoms with Gasteiger partial charge in [-0.3, -0.25) is 4.79 Å². The number of rotatable bonds is 6. The highest BCUT2D eigenvalue weighted by Gasteiger charge is 2.65. The van der Waals surface area contributed by atoms with Crippen LogP contribution in [0.2, 0.25) is 0 Å². The van der Waals surface area contributed by atoms with Crippen LogP contribution in [0, 0.1) is 0 Å². The van der Waals surface area contributed by atoms with Gasteiger partial charge in [0.15, 0.2) is 17.9 Å². The molecule has 0 bridgehead atoms. The number of nitrogens with zero attached hydrogens (tertiary/aromatic N) is 1. The van der Waals surface area contributed by atoms with E-state index in [1.165, 1.54) is 0 Å². The first kappa shape index (κ1) is 24.6. The number of amides is 1. The highest BCUT2D eigenvalue weighted by Crippen LogP contribution is 2.45. The van der Waals surface area contributed by atoms with E-state index in [4.69, 9.17) is 28.4 Å². The van der Waals surface area contributed by atoms with E-state index in [0.717, 1.165) is 5.56 Å². The van der Waals surface area contributed by atoms with E-state index in [-0.39, 0.29) is 18.1 Å². The van der Waals surface area contributed by atoms with Gasteiger partial charge in [0, 0.05) is 0 Å². The molecular weight excluding hydrogens is 474 g/mol. The molecule has 0 radical (unpaired) electrons. The summed E-state index contributed by atoms with van der Waals surface area (Å²) in [7, 11) is 0. The Kier molecular flexibility index (Phi) is 6.12. The van der Waals surface area contributed by atoms with Gasteiger partial charge in [-0.1, -0.05) is 60.7 Å². The summed E-state index contributed by atoms with van der Waals surface area (Å²) in [6.45, 7) is 7.80. The Labute approximate surface area is 217 Å². The summed E-state index contributed by atoms with van der Waals surface area (Å²) < 4.78 is 36.9. The quantitative estimate of drug-likeness (QED) is 0.551. The van der Waals surface area contributed by atoms with Crippen molar-refractivity contribution in [2.24, 2.45) is 0 Å². The molecule has 0 saturated carbocycles. The van der Waals surface area contributed by atoms with Crippen LogP contribution in [0.4, 0.5) is 0 Å². The number of ether oxygens (including phenoxy) is 6. The fourth-order valence-corrected chi connectivity index (χ4v) is 5.60. The number of carbonyl (C=O) groups is 1. The highest BCUT2D eigenvalue weighted by atomic mass is 16.8. The Morgan fingerprint density at radius 2 is 1.59 bits per heavy atom. The van der Waals surface area contributed by atoms with Gasteiger partial charge in [0.1, 0.15) is 24.1 Å². The molecule has 6 rings (SSSR count). The van der Waals surface area contributed by atoms with Gasteiger partial charge in [0.25, 0.3) is 5.91 Å². The molecule has 0 aromatic heterocycles. The van der Waals surface area contributed by atoms with Crippen LogP contribution in [0.25, 0.3) is 6.08 Å². The predicted octanol–water partition coefficient (Wildman–Crippen LogP) is 3.75. The van der Waals surface area contributed by atoms with Gasteiger partial charge in [0.05, 0.1) is 18.7 Å². The zero-order valence-corrected chi connectivity index (χ0v) is 21.5. The molecule has 0 unspecified atom stereocenters. The molecule has 2 aromatic rings. The second kappa shape index (κ2) is 9.22. The van der Waals surface area contributed by atoms with Gasteiger partial charge < -0.3 is 33.3 Å². The lowest BCUT2D eigenvalue weighted by Crippen LogP contribution is -2.72. The van der Waals surface area contributed by atoms with Crippen LogP contribution in [0.3, 0.4) is 0 Å². The molecule has 4 aliphatic rings. The number of likely N-dealkylation sites (tertiary alicyclic amines) is 1. The molecule has 8 nitrogen and oxygen atoms in total. The third-order valence-electron chi connectivity index (χ3n) is 7.19. The Hall–Kier alpha value is -2.75. The molecule has 4 saturated heterocycles. The number of hydrogen-bond donors (Lipinski definition) is 0. The van der Waals surface area contributed by atoms with Crippen LogP contribution in [0.5, 0.6) is 5.75 Å². The minimum absolute atomic E-state index is 0.128. The van der Waals surface area contributed by atoms with E-state index in [9.17, 15) is 4.79 Å². The van der Waals surface area contributed by atoms with E-state index in [2.05, 4.69) is 0 Å². The average molecular weight is 508 g/mol. The second-order valence-electron chi connectivity index (χ2n) is 10.8. The third-order valence-corrected chi connectivity index (χ3v) is 7.19. The fraction of sp³-hybridized carbons (Fsp3) is 0.483. The first-order valence-corrected chi connectivity index (χ1v) is 12.8. The molecule has 4 heterocycles. The zero-order valence-electron chi connectivity index (χ0n) is 21.5. The number of benzene rings is 2. The van der Waals surface area contributed by atoms with E-state index >= 15 is 0 Å². The molecule has 196 valence electrons. The molecule has 0 aliphatic carbocycles. The summed E-state index contributed by atoms with van der Waals surface area (Å²) in [5.74, 6) is -1.04. The van der Waals surface area contributed by atoms with Crippen LogP contribution in [-0.2, 0) is 28.5 Å². The Morgan fingerprint density at radius 3 is 2.27 bits per heavy atom. The van der Waals surface area contributed by atoms with Crippen molar-refractivity contribution in [2.45, 2.75) is 82.1 Å². The van der Waals surface area contributed by atoms with Crippen molar-refractivity contribution in [3.63, 3.8) is 0 Å². The third kappa shape index (κ3) is 4.69. The summed E-state index contributed by atoms with van der Waals surface area (Å²) >= 11 is 0. The average Bonchev–Trinajstić information content (AvgIpc) is 3.50.